The topological polar surface area (TPSA) is 46.6 Å². The van der Waals surface area contributed by atoms with Crippen molar-refractivity contribution in [3.05, 3.63) is 23.8 Å². The number of ether oxygens (including phenoxy) is 1. The molecule has 0 heterocycles. The largest absolute Gasteiger partial charge is 0.496 e. The van der Waals surface area contributed by atoms with Crippen LogP contribution in [0.15, 0.2) is 23.1 Å². The molecule has 90 valence electrons. The van der Waals surface area contributed by atoms with Crippen molar-refractivity contribution in [3.63, 3.8) is 0 Å². The van der Waals surface area contributed by atoms with E-state index in [0.717, 1.165) is 17.7 Å². The van der Waals surface area contributed by atoms with Crippen LogP contribution in [0.1, 0.15) is 12.5 Å². The van der Waals surface area contributed by atoms with Crippen molar-refractivity contribution in [1.82, 2.24) is 4.31 Å². The summed E-state index contributed by atoms with van der Waals surface area (Å²) in [6, 6.07) is 4.91. The minimum atomic E-state index is -3.36. The standard InChI is InChI=1S/C11H17NO3S/c1-5-9-8-10(6-7-11(9)15-4)16(13,14)12(2)3/h6-8H,5H2,1-4H3. The Bertz CT molecular complexity index is 466. The Morgan fingerprint density at radius 3 is 2.38 bits per heavy atom. The first-order valence-corrected chi connectivity index (χ1v) is 6.47. The molecule has 0 aliphatic heterocycles. The van der Waals surface area contributed by atoms with Gasteiger partial charge in [0.1, 0.15) is 5.75 Å². The Labute approximate surface area is 96.9 Å². The quantitative estimate of drug-likeness (QED) is 0.805. The second kappa shape index (κ2) is 4.84. The Kier molecular flexibility index (Phi) is 3.93. The predicted octanol–water partition coefficient (Wildman–Crippen LogP) is 1.51. The number of benzene rings is 1. The summed E-state index contributed by atoms with van der Waals surface area (Å²) in [6.07, 6.45) is 0.736. The Hall–Kier alpha value is -1.07. The van der Waals surface area contributed by atoms with E-state index in [1.54, 1.807) is 25.3 Å². The third-order valence-corrected chi connectivity index (χ3v) is 4.22. The van der Waals surface area contributed by atoms with Gasteiger partial charge in [0.2, 0.25) is 10.0 Å². The zero-order chi connectivity index (χ0) is 12.3. The van der Waals surface area contributed by atoms with Crippen LogP contribution >= 0.6 is 0 Å². The van der Waals surface area contributed by atoms with Crippen molar-refractivity contribution in [2.45, 2.75) is 18.2 Å². The van der Waals surface area contributed by atoms with E-state index < -0.39 is 10.0 Å². The van der Waals surface area contributed by atoms with Gasteiger partial charge in [0.15, 0.2) is 0 Å². The van der Waals surface area contributed by atoms with Gasteiger partial charge >= 0.3 is 0 Å². The highest BCUT2D eigenvalue weighted by atomic mass is 32.2. The van der Waals surface area contributed by atoms with Crippen LogP contribution in [-0.4, -0.2) is 33.9 Å². The van der Waals surface area contributed by atoms with Gasteiger partial charge in [0, 0.05) is 14.1 Å². The van der Waals surface area contributed by atoms with Gasteiger partial charge in [-0.25, -0.2) is 12.7 Å². The van der Waals surface area contributed by atoms with Gasteiger partial charge in [-0.3, -0.25) is 0 Å². The first-order chi connectivity index (χ1) is 7.43. The normalized spacial score (nSPS) is 11.8. The lowest BCUT2D eigenvalue weighted by Gasteiger charge is -2.13. The average Bonchev–Trinajstić information content (AvgIpc) is 2.27. The van der Waals surface area contributed by atoms with Crippen LogP contribution in [0.2, 0.25) is 0 Å². The highest BCUT2D eigenvalue weighted by Crippen LogP contribution is 2.23. The van der Waals surface area contributed by atoms with E-state index >= 15 is 0 Å². The SMILES string of the molecule is CCc1cc(S(=O)(=O)N(C)C)ccc1OC. The van der Waals surface area contributed by atoms with Crippen LogP contribution in [-0.2, 0) is 16.4 Å². The maximum atomic E-state index is 11.9. The molecular weight excluding hydrogens is 226 g/mol. The number of sulfonamides is 1. The number of hydrogen-bond donors (Lipinski definition) is 0. The third kappa shape index (κ3) is 2.36. The number of aryl methyl sites for hydroxylation is 1. The molecule has 0 unspecified atom stereocenters. The Morgan fingerprint density at radius 2 is 1.94 bits per heavy atom. The summed E-state index contributed by atoms with van der Waals surface area (Å²) in [5.74, 6) is 0.722. The minimum Gasteiger partial charge on any atom is -0.496 e. The second-order valence-corrected chi connectivity index (χ2v) is 5.77. The van der Waals surface area contributed by atoms with Crippen LogP contribution in [0, 0.1) is 0 Å². The molecule has 1 aromatic carbocycles. The summed E-state index contributed by atoms with van der Waals surface area (Å²) in [5.41, 5.74) is 0.894. The molecule has 0 aliphatic rings. The Morgan fingerprint density at radius 1 is 1.31 bits per heavy atom. The third-order valence-electron chi connectivity index (χ3n) is 2.41. The van der Waals surface area contributed by atoms with Crippen molar-refractivity contribution in [3.8, 4) is 5.75 Å². The fraction of sp³-hybridized carbons (Fsp3) is 0.455. The molecule has 16 heavy (non-hydrogen) atoms. The monoisotopic (exact) mass is 243 g/mol. The molecule has 0 aromatic heterocycles. The molecule has 4 nitrogen and oxygen atoms in total. The van der Waals surface area contributed by atoms with Crippen LogP contribution in [0.5, 0.6) is 5.75 Å². The molecule has 0 bridgehead atoms. The lowest BCUT2D eigenvalue weighted by Crippen LogP contribution is -2.22. The van der Waals surface area contributed by atoms with Crippen molar-refractivity contribution >= 4 is 10.0 Å². The smallest absolute Gasteiger partial charge is 0.242 e. The molecule has 0 spiro atoms. The molecule has 1 rings (SSSR count). The molecule has 0 saturated heterocycles. The van der Waals surface area contributed by atoms with Crippen LogP contribution in [0.25, 0.3) is 0 Å². The Balaban J connectivity index is 3.29. The van der Waals surface area contributed by atoms with Gasteiger partial charge < -0.3 is 4.74 Å². The molecule has 0 aliphatic carbocycles. The summed E-state index contributed by atoms with van der Waals surface area (Å²) in [7, 11) is 1.26. The van der Waals surface area contributed by atoms with Crippen molar-refractivity contribution in [1.29, 1.82) is 0 Å². The van der Waals surface area contributed by atoms with Gasteiger partial charge in [-0.2, -0.15) is 0 Å². The molecule has 0 N–H and O–H groups in total. The van der Waals surface area contributed by atoms with Crippen LogP contribution < -0.4 is 4.74 Å². The number of methoxy groups -OCH3 is 1. The van der Waals surface area contributed by atoms with E-state index in [2.05, 4.69) is 0 Å². The van der Waals surface area contributed by atoms with E-state index in [-0.39, 0.29) is 0 Å². The van der Waals surface area contributed by atoms with Gasteiger partial charge in [0.25, 0.3) is 0 Å². The molecule has 1 aromatic rings. The molecule has 0 amide bonds. The van der Waals surface area contributed by atoms with E-state index in [4.69, 9.17) is 4.74 Å². The highest BCUT2D eigenvalue weighted by molar-refractivity contribution is 7.89. The summed E-state index contributed by atoms with van der Waals surface area (Å²) < 4.78 is 30.1. The fourth-order valence-corrected chi connectivity index (χ4v) is 2.36. The van der Waals surface area contributed by atoms with Crippen LogP contribution in [0.4, 0.5) is 0 Å². The first kappa shape index (κ1) is 13.0. The average molecular weight is 243 g/mol. The first-order valence-electron chi connectivity index (χ1n) is 5.03. The molecular formula is C11H17NO3S. The highest BCUT2D eigenvalue weighted by Gasteiger charge is 2.18. The van der Waals surface area contributed by atoms with Gasteiger partial charge in [0.05, 0.1) is 12.0 Å². The van der Waals surface area contributed by atoms with Crippen molar-refractivity contribution in [2.24, 2.45) is 0 Å². The van der Waals surface area contributed by atoms with Gasteiger partial charge in [-0.15, -0.1) is 0 Å². The fourth-order valence-electron chi connectivity index (χ4n) is 1.40. The molecule has 0 atom stereocenters. The number of nitrogens with zero attached hydrogens (tertiary/aromatic N) is 1. The number of rotatable bonds is 4. The maximum absolute atomic E-state index is 11.9. The molecule has 0 saturated carbocycles. The molecule has 0 radical (unpaired) electrons. The summed E-state index contributed by atoms with van der Waals surface area (Å²) >= 11 is 0. The minimum absolute atomic E-state index is 0.301. The van der Waals surface area contributed by atoms with Gasteiger partial charge in [-0.1, -0.05) is 6.92 Å². The van der Waals surface area contributed by atoms with E-state index in [9.17, 15) is 8.42 Å². The van der Waals surface area contributed by atoms with Crippen LogP contribution in [0.3, 0.4) is 0 Å². The lowest BCUT2D eigenvalue weighted by atomic mass is 10.1. The van der Waals surface area contributed by atoms with E-state index in [1.165, 1.54) is 18.4 Å². The van der Waals surface area contributed by atoms with Gasteiger partial charge in [-0.05, 0) is 30.2 Å². The molecule has 0 fully saturated rings. The second-order valence-electron chi connectivity index (χ2n) is 3.61. The summed E-state index contributed by atoms with van der Waals surface area (Å²) in [5, 5.41) is 0. The maximum Gasteiger partial charge on any atom is 0.242 e. The van der Waals surface area contributed by atoms with E-state index in [0.29, 0.717) is 4.90 Å². The van der Waals surface area contributed by atoms with Crippen molar-refractivity contribution in [2.75, 3.05) is 21.2 Å². The zero-order valence-electron chi connectivity index (χ0n) is 10.0. The van der Waals surface area contributed by atoms with E-state index in [1.807, 2.05) is 6.92 Å². The summed E-state index contributed by atoms with van der Waals surface area (Å²) in [4.78, 5) is 0.301. The van der Waals surface area contributed by atoms with Crippen molar-refractivity contribution < 1.29 is 13.2 Å². The summed E-state index contributed by atoms with van der Waals surface area (Å²) in [6.45, 7) is 1.96. The lowest BCUT2D eigenvalue weighted by molar-refractivity contribution is 0.409. The predicted molar refractivity (Wildman–Crippen MR) is 63.2 cm³/mol. The zero-order valence-corrected chi connectivity index (χ0v) is 10.8. The number of hydrogen-bond acceptors (Lipinski definition) is 3. The molecule has 5 heteroatoms.